The van der Waals surface area contributed by atoms with Gasteiger partial charge in [0.05, 0.1) is 0 Å². The Morgan fingerprint density at radius 3 is 2.45 bits per heavy atom. The topological polar surface area (TPSA) is 90.9 Å². The van der Waals surface area contributed by atoms with Crippen LogP contribution in [0.1, 0.15) is 35.2 Å². The fourth-order valence-electron chi connectivity index (χ4n) is 3.71. The highest BCUT2D eigenvalue weighted by Gasteiger charge is 2.33. The summed E-state index contributed by atoms with van der Waals surface area (Å²) in [6.07, 6.45) is 2.85. The average Bonchev–Trinajstić information content (AvgIpc) is 3.46. The third-order valence-corrected chi connectivity index (χ3v) is 6.73. The quantitative estimate of drug-likeness (QED) is 0.651. The summed E-state index contributed by atoms with van der Waals surface area (Å²) in [5, 5.41) is 5.84. The number of carbonyl (C=O) groups is 3. The van der Waals surface area contributed by atoms with Crippen LogP contribution in [0.15, 0.2) is 53.5 Å². The Balaban J connectivity index is 1.21. The first-order chi connectivity index (χ1) is 16.0. The molecule has 0 unspecified atom stereocenters. The predicted octanol–water partition coefficient (Wildman–Crippen LogP) is 3.22. The summed E-state index contributed by atoms with van der Waals surface area (Å²) in [6.45, 7) is 2.24. The highest BCUT2D eigenvalue weighted by Crippen LogP contribution is 2.29. The van der Waals surface area contributed by atoms with Gasteiger partial charge in [-0.2, -0.15) is 4.99 Å². The minimum atomic E-state index is -0.494. The first-order valence-electron chi connectivity index (χ1n) is 10.9. The number of rotatable bonds is 7. The SMILES string of the molecule is O=C(C[C@@H]1SC(N2CCCC2)=NC1=O)Nc1ccc(C(=O)NCCc2ccc(F)cc2)cc1. The highest BCUT2D eigenvalue weighted by atomic mass is 32.2. The molecule has 0 saturated carbocycles. The lowest BCUT2D eigenvalue weighted by Crippen LogP contribution is -2.26. The summed E-state index contributed by atoms with van der Waals surface area (Å²) in [6, 6.07) is 12.7. The number of benzene rings is 2. The van der Waals surface area contributed by atoms with Crippen molar-refractivity contribution in [2.24, 2.45) is 4.99 Å². The van der Waals surface area contributed by atoms with Crippen molar-refractivity contribution in [2.75, 3.05) is 25.0 Å². The molecule has 2 aromatic rings. The summed E-state index contributed by atoms with van der Waals surface area (Å²) in [5.41, 5.74) is 1.96. The van der Waals surface area contributed by atoms with Crippen molar-refractivity contribution in [1.29, 1.82) is 0 Å². The van der Waals surface area contributed by atoms with Gasteiger partial charge in [0.25, 0.3) is 11.8 Å². The van der Waals surface area contributed by atoms with Crippen molar-refractivity contribution < 1.29 is 18.8 Å². The van der Waals surface area contributed by atoms with E-state index in [1.54, 1.807) is 36.4 Å². The molecular formula is C24H25FN4O3S. The first-order valence-corrected chi connectivity index (χ1v) is 11.8. The minimum absolute atomic E-state index is 0.0516. The summed E-state index contributed by atoms with van der Waals surface area (Å²) in [4.78, 5) is 43.1. The maximum atomic E-state index is 12.9. The van der Waals surface area contributed by atoms with Crippen molar-refractivity contribution in [2.45, 2.75) is 30.9 Å². The number of aliphatic imine (C=N–C) groups is 1. The van der Waals surface area contributed by atoms with Gasteiger partial charge in [0.15, 0.2) is 5.17 Å². The monoisotopic (exact) mass is 468 g/mol. The number of hydrogen-bond donors (Lipinski definition) is 2. The van der Waals surface area contributed by atoms with E-state index in [0.29, 0.717) is 24.2 Å². The number of halogens is 1. The van der Waals surface area contributed by atoms with E-state index in [1.165, 1.54) is 23.9 Å². The molecule has 9 heteroatoms. The van der Waals surface area contributed by atoms with Gasteiger partial charge in [-0.3, -0.25) is 14.4 Å². The van der Waals surface area contributed by atoms with Gasteiger partial charge in [-0.1, -0.05) is 23.9 Å². The zero-order valence-corrected chi connectivity index (χ0v) is 18.9. The molecule has 7 nitrogen and oxygen atoms in total. The normalized spacial score (nSPS) is 17.7. The molecule has 0 aliphatic carbocycles. The van der Waals surface area contributed by atoms with E-state index in [0.717, 1.165) is 36.7 Å². The van der Waals surface area contributed by atoms with Crippen LogP contribution in [-0.4, -0.2) is 52.7 Å². The standard InChI is InChI=1S/C24H25FN4O3S/c25-18-7-3-16(4-8-18)11-12-26-22(31)17-5-9-19(10-6-17)27-21(30)15-20-23(32)28-24(33-20)29-13-1-2-14-29/h3-10,20H,1-2,11-15H2,(H,26,31)(H,27,30)/t20-/m0/s1. The second-order valence-corrected chi connectivity index (χ2v) is 9.17. The van der Waals surface area contributed by atoms with E-state index in [4.69, 9.17) is 0 Å². The molecule has 2 heterocycles. The summed E-state index contributed by atoms with van der Waals surface area (Å²) in [5.74, 6) is -1.04. The second kappa shape index (κ2) is 10.6. The number of likely N-dealkylation sites (tertiary alicyclic amines) is 1. The zero-order valence-electron chi connectivity index (χ0n) is 18.1. The molecule has 2 N–H and O–H groups in total. The molecule has 0 radical (unpaired) electrons. The molecule has 1 fully saturated rings. The van der Waals surface area contributed by atoms with Crippen LogP contribution < -0.4 is 10.6 Å². The Labute approximate surface area is 195 Å². The molecule has 2 aliphatic heterocycles. The molecule has 2 aliphatic rings. The molecule has 33 heavy (non-hydrogen) atoms. The first kappa shape index (κ1) is 23.0. The minimum Gasteiger partial charge on any atom is -0.352 e. The van der Waals surface area contributed by atoms with Crippen molar-refractivity contribution in [3.05, 3.63) is 65.5 Å². The molecule has 3 amide bonds. The van der Waals surface area contributed by atoms with Gasteiger partial charge in [0.1, 0.15) is 11.1 Å². The Morgan fingerprint density at radius 1 is 1.06 bits per heavy atom. The van der Waals surface area contributed by atoms with Crippen LogP contribution in [0.5, 0.6) is 0 Å². The van der Waals surface area contributed by atoms with Gasteiger partial charge in [0.2, 0.25) is 5.91 Å². The number of nitrogens with one attached hydrogen (secondary N) is 2. The molecular weight excluding hydrogens is 443 g/mol. The van der Waals surface area contributed by atoms with Gasteiger partial charge in [-0.25, -0.2) is 4.39 Å². The fraction of sp³-hybridized carbons (Fsp3) is 0.333. The third kappa shape index (κ3) is 6.19. The number of amides is 3. The molecule has 1 atom stereocenters. The van der Waals surface area contributed by atoms with E-state index in [9.17, 15) is 18.8 Å². The van der Waals surface area contributed by atoms with Gasteiger partial charge in [-0.15, -0.1) is 0 Å². The van der Waals surface area contributed by atoms with Crippen LogP contribution in [0.25, 0.3) is 0 Å². The Hall–Kier alpha value is -3.20. The van der Waals surface area contributed by atoms with Gasteiger partial charge in [-0.05, 0) is 61.2 Å². The number of carbonyl (C=O) groups excluding carboxylic acids is 3. The molecule has 1 saturated heterocycles. The van der Waals surface area contributed by atoms with E-state index in [-0.39, 0.29) is 30.0 Å². The van der Waals surface area contributed by atoms with E-state index >= 15 is 0 Å². The molecule has 172 valence electrons. The van der Waals surface area contributed by atoms with Crippen molar-refractivity contribution in [1.82, 2.24) is 10.2 Å². The average molecular weight is 469 g/mol. The van der Waals surface area contributed by atoms with E-state index in [2.05, 4.69) is 20.5 Å². The zero-order chi connectivity index (χ0) is 23.2. The lowest BCUT2D eigenvalue weighted by molar-refractivity contribution is -0.121. The van der Waals surface area contributed by atoms with Gasteiger partial charge < -0.3 is 15.5 Å². The van der Waals surface area contributed by atoms with Crippen molar-refractivity contribution in [3.63, 3.8) is 0 Å². The van der Waals surface area contributed by atoms with E-state index in [1.807, 2.05) is 0 Å². The Bertz CT molecular complexity index is 1050. The maximum absolute atomic E-state index is 12.9. The molecule has 0 aromatic heterocycles. The smallest absolute Gasteiger partial charge is 0.262 e. The number of thioether (sulfide) groups is 1. The van der Waals surface area contributed by atoms with Crippen LogP contribution in [0.2, 0.25) is 0 Å². The van der Waals surface area contributed by atoms with Crippen molar-refractivity contribution in [3.8, 4) is 0 Å². The molecule has 0 spiro atoms. The van der Waals surface area contributed by atoms with Gasteiger partial charge in [0, 0.05) is 37.3 Å². The largest absolute Gasteiger partial charge is 0.352 e. The number of anilines is 1. The molecule has 0 bridgehead atoms. The Morgan fingerprint density at radius 2 is 1.76 bits per heavy atom. The maximum Gasteiger partial charge on any atom is 0.262 e. The molecule has 2 aromatic carbocycles. The summed E-state index contributed by atoms with van der Waals surface area (Å²) >= 11 is 1.36. The lowest BCUT2D eigenvalue weighted by Gasteiger charge is -2.16. The predicted molar refractivity (Wildman–Crippen MR) is 127 cm³/mol. The third-order valence-electron chi connectivity index (χ3n) is 5.52. The number of hydrogen-bond acceptors (Lipinski definition) is 5. The number of nitrogens with zero attached hydrogens (tertiary/aromatic N) is 2. The summed E-state index contributed by atoms with van der Waals surface area (Å²) in [7, 11) is 0. The highest BCUT2D eigenvalue weighted by molar-refractivity contribution is 8.15. The van der Waals surface area contributed by atoms with Gasteiger partial charge >= 0.3 is 0 Å². The van der Waals surface area contributed by atoms with Crippen LogP contribution >= 0.6 is 11.8 Å². The summed E-state index contributed by atoms with van der Waals surface area (Å²) < 4.78 is 12.9. The molecule has 4 rings (SSSR count). The van der Waals surface area contributed by atoms with Crippen LogP contribution in [-0.2, 0) is 16.0 Å². The fourth-order valence-corrected chi connectivity index (χ4v) is 4.83. The van der Waals surface area contributed by atoms with E-state index < -0.39 is 5.25 Å². The van der Waals surface area contributed by atoms with Crippen molar-refractivity contribution >= 4 is 40.3 Å². The Kier molecular flexibility index (Phi) is 7.39. The second-order valence-electron chi connectivity index (χ2n) is 8.00. The van der Waals surface area contributed by atoms with Crippen LogP contribution in [0, 0.1) is 5.82 Å². The lowest BCUT2D eigenvalue weighted by atomic mass is 10.1. The van der Waals surface area contributed by atoms with Crippen LogP contribution in [0.3, 0.4) is 0 Å². The van der Waals surface area contributed by atoms with Crippen LogP contribution in [0.4, 0.5) is 10.1 Å². The number of amidine groups is 1.